The smallest absolute Gasteiger partial charge is 0.410 e. The fraction of sp³-hybridized carbons (Fsp3) is 0.562. The predicted octanol–water partition coefficient (Wildman–Crippen LogP) is 3.66. The molecule has 0 aromatic heterocycles. The molecule has 0 radical (unpaired) electrons. The number of carbonyl (C=O) groups excluding carboxylic acids is 1. The molecule has 0 bridgehead atoms. The molecule has 0 aromatic rings. The Morgan fingerprint density at radius 2 is 1.85 bits per heavy atom. The first-order chi connectivity index (χ1) is 9.35. The summed E-state index contributed by atoms with van der Waals surface area (Å²) in [7, 11) is 0. The molecule has 112 valence electrons. The van der Waals surface area contributed by atoms with Crippen LogP contribution in [0.3, 0.4) is 0 Å². The highest BCUT2D eigenvalue weighted by Gasteiger charge is 2.35. The van der Waals surface area contributed by atoms with Gasteiger partial charge in [-0.3, -0.25) is 0 Å². The molecule has 0 unspecified atom stereocenters. The van der Waals surface area contributed by atoms with Crippen LogP contribution in [-0.4, -0.2) is 35.8 Å². The van der Waals surface area contributed by atoms with Crippen molar-refractivity contribution in [1.82, 2.24) is 4.90 Å². The van der Waals surface area contributed by atoms with Crippen LogP contribution in [0.15, 0.2) is 36.1 Å². The normalized spacial score (nSPS) is 17.6. The predicted molar refractivity (Wildman–Crippen MR) is 80.4 cm³/mol. The van der Waals surface area contributed by atoms with Crippen LogP contribution in [0.4, 0.5) is 4.79 Å². The van der Waals surface area contributed by atoms with Gasteiger partial charge in [-0.25, -0.2) is 4.79 Å². The van der Waals surface area contributed by atoms with Gasteiger partial charge in [0.2, 0.25) is 0 Å². The van der Waals surface area contributed by atoms with E-state index in [-0.39, 0.29) is 12.2 Å². The van der Waals surface area contributed by atoms with Crippen LogP contribution in [0.1, 0.15) is 34.6 Å². The molecule has 4 nitrogen and oxygen atoms in total. The molecule has 0 N–H and O–H groups in total. The largest absolute Gasteiger partial charge is 0.487 e. The highest BCUT2D eigenvalue weighted by molar-refractivity contribution is 5.69. The molecule has 1 rings (SSSR count). The second-order valence-electron chi connectivity index (χ2n) is 5.72. The fourth-order valence-electron chi connectivity index (χ4n) is 1.67. The summed E-state index contributed by atoms with van der Waals surface area (Å²) < 4.78 is 11.1. The number of hydrogen-bond donors (Lipinski definition) is 0. The average molecular weight is 279 g/mol. The van der Waals surface area contributed by atoms with E-state index in [1.54, 1.807) is 4.90 Å². The highest BCUT2D eigenvalue weighted by atomic mass is 16.6. The highest BCUT2D eigenvalue weighted by Crippen LogP contribution is 2.19. The van der Waals surface area contributed by atoms with E-state index in [2.05, 4.69) is 0 Å². The lowest BCUT2D eigenvalue weighted by atomic mass is 10.1. The zero-order chi connectivity index (χ0) is 15.2. The van der Waals surface area contributed by atoms with Gasteiger partial charge in [0.1, 0.15) is 17.5 Å². The summed E-state index contributed by atoms with van der Waals surface area (Å²) in [4.78, 5) is 13.4. The molecule has 1 fully saturated rings. The van der Waals surface area contributed by atoms with Crippen molar-refractivity contribution < 1.29 is 14.3 Å². The van der Waals surface area contributed by atoms with E-state index in [1.807, 2.05) is 65.0 Å². The molecular weight excluding hydrogens is 254 g/mol. The zero-order valence-electron chi connectivity index (χ0n) is 13.1. The van der Waals surface area contributed by atoms with Gasteiger partial charge in [-0.2, -0.15) is 0 Å². The van der Waals surface area contributed by atoms with Crippen LogP contribution in [-0.2, 0) is 9.47 Å². The average Bonchev–Trinajstić information content (AvgIpc) is 2.27. The molecular formula is C16H25NO3. The van der Waals surface area contributed by atoms with Crippen LogP contribution >= 0.6 is 0 Å². The number of rotatable bonds is 4. The minimum Gasteiger partial charge on any atom is -0.487 e. The summed E-state index contributed by atoms with van der Waals surface area (Å²) in [6.07, 6.45) is 9.39. The number of amides is 1. The summed E-state index contributed by atoms with van der Waals surface area (Å²) in [5, 5.41) is 0. The Morgan fingerprint density at radius 1 is 1.20 bits per heavy atom. The molecule has 4 heteroatoms. The fourth-order valence-corrected chi connectivity index (χ4v) is 1.67. The lowest BCUT2D eigenvalue weighted by Crippen LogP contribution is -2.55. The van der Waals surface area contributed by atoms with E-state index < -0.39 is 5.60 Å². The summed E-state index contributed by atoms with van der Waals surface area (Å²) in [5.41, 5.74) is -0.453. The third-order valence-corrected chi connectivity index (χ3v) is 2.59. The minimum atomic E-state index is -0.453. The Bertz CT molecular complexity index is 410. The molecule has 1 aliphatic heterocycles. The number of carbonyl (C=O) groups is 1. The zero-order valence-corrected chi connectivity index (χ0v) is 13.1. The Hall–Kier alpha value is -1.71. The van der Waals surface area contributed by atoms with Crippen molar-refractivity contribution in [2.45, 2.75) is 46.3 Å². The van der Waals surface area contributed by atoms with Gasteiger partial charge in [0.05, 0.1) is 13.1 Å². The van der Waals surface area contributed by atoms with Crippen molar-refractivity contribution in [3.8, 4) is 0 Å². The molecule has 0 aromatic carbocycles. The first-order valence-electron chi connectivity index (χ1n) is 6.96. The van der Waals surface area contributed by atoms with Crippen molar-refractivity contribution in [2.24, 2.45) is 0 Å². The molecule has 1 saturated heterocycles. The van der Waals surface area contributed by atoms with Crippen molar-refractivity contribution >= 4 is 6.09 Å². The molecule has 0 saturated carbocycles. The van der Waals surface area contributed by atoms with Crippen LogP contribution < -0.4 is 0 Å². The molecule has 0 aliphatic carbocycles. The maximum atomic E-state index is 11.8. The summed E-state index contributed by atoms with van der Waals surface area (Å²) in [6, 6.07) is 0. The lowest BCUT2D eigenvalue weighted by molar-refractivity contribution is -0.0397. The first-order valence-corrected chi connectivity index (χ1v) is 6.96. The lowest BCUT2D eigenvalue weighted by Gasteiger charge is -2.39. The first kappa shape index (κ1) is 16.3. The minimum absolute atomic E-state index is 0.0372. The van der Waals surface area contributed by atoms with E-state index in [9.17, 15) is 4.79 Å². The van der Waals surface area contributed by atoms with Crippen molar-refractivity contribution in [3.05, 3.63) is 36.1 Å². The van der Waals surface area contributed by atoms with E-state index in [4.69, 9.17) is 9.47 Å². The second-order valence-corrected chi connectivity index (χ2v) is 5.72. The van der Waals surface area contributed by atoms with Crippen molar-refractivity contribution in [3.63, 3.8) is 0 Å². The molecule has 20 heavy (non-hydrogen) atoms. The summed E-state index contributed by atoms with van der Waals surface area (Å²) >= 11 is 0. The van der Waals surface area contributed by atoms with Crippen LogP contribution in [0, 0.1) is 0 Å². The SMILES string of the molecule is C\C=C/C=C(\C=C/C)OC1CN(C(=O)OC(C)(C)C)C1. The number of nitrogens with zero attached hydrogens (tertiary/aromatic N) is 1. The molecule has 0 atom stereocenters. The molecule has 0 spiro atoms. The van der Waals surface area contributed by atoms with Gasteiger partial charge in [-0.1, -0.05) is 18.2 Å². The summed E-state index contributed by atoms with van der Waals surface area (Å²) in [6.45, 7) is 10.6. The van der Waals surface area contributed by atoms with Gasteiger partial charge in [0, 0.05) is 0 Å². The Morgan fingerprint density at radius 3 is 2.35 bits per heavy atom. The molecule has 1 amide bonds. The van der Waals surface area contributed by atoms with Gasteiger partial charge in [-0.05, 0) is 46.8 Å². The Kier molecular flexibility index (Phi) is 5.86. The van der Waals surface area contributed by atoms with E-state index in [0.717, 1.165) is 5.76 Å². The van der Waals surface area contributed by atoms with Crippen LogP contribution in [0.25, 0.3) is 0 Å². The van der Waals surface area contributed by atoms with E-state index in [1.165, 1.54) is 0 Å². The topological polar surface area (TPSA) is 38.8 Å². The Labute approximate surface area is 121 Å². The third kappa shape index (κ3) is 5.51. The van der Waals surface area contributed by atoms with Gasteiger partial charge in [0.25, 0.3) is 0 Å². The monoisotopic (exact) mass is 279 g/mol. The van der Waals surface area contributed by atoms with Gasteiger partial charge < -0.3 is 14.4 Å². The maximum absolute atomic E-state index is 11.8. The van der Waals surface area contributed by atoms with Crippen molar-refractivity contribution in [1.29, 1.82) is 0 Å². The number of allylic oxidation sites excluding steroid dienone is 5. The Balaban J connectivity index is 2.42. The van der Waals surface area contributed by atoms with E-state index >= 15 is 0 Å². The van der Waals surface area contributed by atoms with Crippen LogP contribution in [0.2, 0.25) is 0 Å². The van der Waals surface area contributed by atoms with Gasteiger partial charge in [-0.15, -0.1) is 0 Å². The standard InChI is InChI=1S/C16H25NO3/c1-6-8-10-13(9-7-2)19-14-11-17(12-14)15(18)20-16(3,4)5/h6-10,14H,11-12H2,1-5H3/b8-6-,9-7-,13-10+. The molecule has 1 aliphatic rings. The number of likely N-dealkylation sites (tertiary alicyclic amines) is 1. The van der Waals surface area contributed by atoms with Gasteiger partial charge >= 0.3 is 6.09 Å². The summed E-state index contributed by atoms with van der Waals surface area (Å²) in [5.74, 6) is 0.805. The van der Waals surface area contributed by atoms with E-state index in [0.29, 0.717) is 13.1 Å². The number of hydrogen-bond acceptors (Lipinski definition) is 3. The van der Waals surface area contributed by atoms with Crippen LogP contribution in [0.5, 0.6) is 0 Å². The molecule has 1 heterocycles. The third-order valence-electron chi connectivity index (χ3n) is 2.59. The number of ether oxygens (including phenoxy) is 2. The van der Waals surface area contributed by atoms with Crippen molar-refractivity contribution in [2.75, 3.05) is 13.1 Å². The van der Waals surface area contributed by atoms with Gasteiger partial charge in [0.15, 0.2) is 0 Å². The quantitative estimate of drug-likeness (QED) is 0.582. The maximum Gasteiger partial charge on any atom is 0.410 e. The second kappa shape index (κ2) is 7.17.